The Labute approximate surface area is 85.3 Å². The number of aromatic amines is 1. The quantitative estimate of drug-likeness (QED) is 0.769. The minimum Gasteiger partial charge on any atom is -0.346 e. The van der Waals surface area contributed by atoms with E-state index < -0.39 is 0 Å². The predicted molar refractivity (Wildman–Crippen MR) is 57.4 cm³/mol. The predicted octanol–water partition coefficient (Wildman–Crippen LogP) is 1.83. The maximum Gasteiger partial charge on any atom is 0.110 e. The smallest absolute Gasteiger partial charge is 0.110 e. The number of hydrogen-bond donors (Lipinski definition) is 2. The van der Waals surface area contributed by atoms with Gasteiger partial charge in [0.2, 0.25) is 0 Å². The fourth-order valence-electron chi connectivity index (χ4n) is 2.07. The molecule has 2 rings (SSSR count). The van der Waals surface area contributed by atoms with Crippen molar-refractivity contribution in [3.05, 3.63) is 17.7 Å². The molecule has 0 radical (unpaired) electrons. The van der Waals surface area contributed by atoms with Crippen molar-refractivity contribution in [2.24, 2.45) is 0 Å². The monoisotopic (exact) mass is 193 g/mol. The van der Waals surface area contributed by atoms with Crippen molar-refractivity contribution >= 4 is 0 Å². The number of piperidine rings is 1. The Morgan fingerprint density at radius 1 is 1.57 bits per heavy atom. The zero-order chi connectivity index (χ0) is 9.80. The van der Waals surface area contributed by atoms with E-state index in [1.165, 1.54) is 37.3 Å². The van der Waals surface area contributed by atoms with Crippen LogP contribution in [0.25, 0.3) is 0 Å². The number of H-pyrrole nitrogens is 1. The molecule has 14 heavy (non-hydrogen) atoms. The summed E-state index contributed by atoms with van der Waals surface area (Å²) in [4.78, 5) is 7.90. The van der Waals surface area contributed by atoms with E-state index >= 15 is 0 Å². The van der Waals surface area contributed by atoms with E-state index in [1.54, 1.807) is 0 Å². The van der Waals surface area contributed by atoms with Gasteiger partial charge in [-0.3, -0.25) is 0 Å². The molecule has 3 heteroatoms. The fourth-order valence-corrected chi connectivity index (χ4v) is 2.07. The second-order valence-electron chi connectivity index (χ2n) is 4.09. The number of nitrogens with one attached hydrogen (secondary N) is 2. The Balaban J connectivity index is 2.00. The second-order valence-corrected chi connectivity index (χ2v) is 4.09. The first-order valence-electron chi connectivity index (χ1n) is 5.64. The topological polar surface area (TPSA) is 40.7 Å². The molecule has 0 amide bonds. The molecule has 3 nitrogen and oxygen atoms in total. The van der Waals surface area contributed by atoms with Crippen LogP contribution in [-0.2, 0) is 6.42 Å². The number of hydrogen-bond acceptors (Lipinski definition) is 2. The average molecular weight is 193 g/mol. The SMILES string of the molecule is CCCc1cnc(C2CCCNC2)[nH]1. The van der Waals surface area contributed by atoms with Crippen molar-refractivity contribution in [1.29, 1.82) is 0 Å². The van der Waals surface area contributed by atoms with Crippen LogP contribution in [0.1, 0.15) is 43.6 Å². The van der Waals surface area contributed by atoms with Crippen molar-refractivity contribution in [2.45, 2.75) is 38.5 Å². The van der Waals surface area contributed by atoms with Crippen LogP contribution in [0.15, 0.2) is 6.20 Å². The van der Waals surface area contributed by atoms with Gasteiger partial charge in [0.15, 0.2) is 0 Å². The van der Waals surface area contributed by atoms with Gasteiger partial charge in [-0.05, 0) is 25.8 Å². The fraction of sp³-hybridized carbons (Fsp3) is 0.727. The Bertz CT molecular complexity index is 274. The summed E-state index contributed by atoms with van der Waals surface area (Å²) < 4.78 is 0. The van der Waals surface area contributed by atoms with Crippen LogP contribution in [0.4, 0.5) is 0 Å². The zero-order valence-corrected chi connectivity index (χ0v) is 8.84. The maximum absolute atomic E-state index is 4.46. The van der Waals surface area contributed by atoms with Crippen molar-refractivity contribution < 1.29 is 0 Å². The third-order valence-corrected chi connectivity index (χ3v) is 2.85. The van der Waals surface area contributed by atoms with E-state index in [-0.39, 0.29) is 0 Å². The Morgan fingerprint density at radius 3 is 3.21 bits per heavy atom. The van der Waals surface area contributed by atoms with Gasteiger partial charge in [0.05, 0.1) is 0 Å². The van der Waals surface area contributed by atoms with Gasteiger partial charge in [-0.2, -0.15) is 0 Å². The molecule has 1 aliphatic rings. The van der Waals surface area contributed by atoms with Crippen LogP contribution >= 0.6 is 0 Å². The molecule has 1 aliphatic heterocycles. The molecule has 0 aromatic carbocycles. The van der Waals surface area contributed by atoms with Crippen LogP contribution in [0.2, 0.25) is 0 Å². The second kappa shape index (κ2) is 4.60. The van der Waals surface area contributed by atoms with Gasteiger partial charge in [0.25, 0.3) is 0 Å². The standard InChI is InChI=1S/C11H19N3/c1-2-4-10-8-13-11(14-10)9-5-3-6-12-7-9/h8-9,12H,2-7H2,1H3,(H,13,14). The van der Waals surface area contributed by atoms with Crippen LogP contribution in [0, 0.1) is 0 Å². The van der Waals surface area contributed by atoms with Gasteiger partial charge in [-0.15, -0.1) is 0 Å². The highest BCUT2D eigenvalue weighted by atomic mass is 15.0. The highest BCUT2D eigenvalue weighted by Gasteiger charge is 2.17. The highest BCUT2D eigenvalue weighted by molar-refractivity contribution is 5.07. The number of aryl methyl sites for hydroxylation is 1. The Hall–Kier alpha value is -0.830. The first kappa shape index (κ1) is 9.71. The summed E-state index contributed by atoms with van der Waals surface area (Å²) in [6, 6.07) is 0. The first-order valence-corrected chi connectivity index (χ1v) is 5.64. The molecule has 0 saturated carbocycles. The van der Waals surface area contributed by atoms with E-state index in [0.717, 1.165) is 13.0 Å². The maximum atomic E-state index is 4.46. The third kappa shape index (κ3) is 2.15. The van der Waals surface area contributed by atoms with Crippen molar-refractivity contribution in [1.82, 2.24) is 15.3 Å². The number of nitrogens with zero attached hydrogens (tertiary/aromatic N) is 1. The summed E-state index contributed by atoms with van der Waals surface area (Å²) in [5.41, 5.74) is 1.29. The lowest BCUT2D eigenvalue weighted by Gasteiger charge is -2.20. The van der Waals surface area contributed by atoms with Gasteiger partial charge in [-0.1, -0.05) is 13.3 Å². The summed E-state index contributed by atoms with van der Waals surface area (Å²) in [6.45, 7) is 4.45. The van der Waals surface area contributed by atoms with Crippen molar-refractivity contribution in [3.63, 3.8) is 0 Å². The highest BCUT2D eigenvalue weighted by Crippen LogP contribution is 2.20. The molecule has 1 aromatic rings. The zero-order valence-electron chi connectivity index (χ0n) is 8.84. The lowest BCUT2D eigenvalue weighted by atomic mass is 9.99. The molecular formula is C11H19N3. The summed E-state index contributed by atoms with van der Waals surface area (Å²) in [6.07, 6.45) is 6.84. The van der Waals surface area contributed by atoms with E-state index in [1.807, 2.05) is 6.20 Å². The van der Waals surface area contributed by atoms with Crippen LogP contribution in [-0.4, -0.2) is 23.1 Å². The summed E-state index contributed by atoms with van der Waals surface area (Å²) in [5.74, 6) is 1.79. The van der Waals surface area contributed by atoms with Gasteiger partial charge in [0, 0.05) is 24.4 Å². The number of aromatic nitrogens is 2. The average Bonchev–Trinajstić information content (AvgIpc) is 2.68. The molecule has 2 heterocycles. The molecular weight excluding hydrogens is 174 g/mol. The van der Waals surface area contributed by atoms with Crippen LogP contribution < -0.4 is 5.32 Å². The van der Waals surface area contributed by atoms with Crippen molar-refractivity contribution in [2.75, 3.05) is 13.1 Å². The summed E-state index contributed by atoms with van der Waals surface area (Å²) in [7, 11) is 0. The normalized spacial score (nSPS) is 22.5. The molecule has 0 bridgehead atoms. The Morgan fingerprint density at radius 2 is 2.50 bits per heavy atom. The van der Waals surface area contributed by atoms with Gasteiger partial charge >= 0.3 is 0 Å². The summed E-state index contributed by atoms with van der Waals surface area (Å²) in [5, 5.41) is 3.41. The molecule has 1 fully saturated rings. The van der Waals surface area contributed by atoms with E-state index in [2.05, 4.69) is 22.2 Å². The van der Waals surface area contributed by atoms with E-state index in [0.29, 0.717) is 5.92 Å². The molecule has 0 spiro atoms. The van der Waals surface area contributed by atoms with Crippen molar-refractivity contribution in [3.8, 4) is 0 Å². The molecule has 0 aliphatic carbocycles. The number of imidazole rings is 1. The number of rotatable bonds is 3. The van der Waals surface area contributed by atoms with E-state index in [9.17, 15) is 0 Å². The Kier molecular flexibility index (Phi) is 3.19. The van der Waals surface area contributed by atoms with Crippen LogP contribution in [0.5, 0.6) is 0 Å². The lowest BCUT2D eigenvalue weighted by Crippen LogP contribution is -2.28. The van der Waals surface area contributed by atoms with Gasteiger partial charge < -0.3 is 10.3 Å². The van der Waals surface area contributed by atoms with Crippen LogP contribution in [0.3, 0.4) is 0 Å². The lowest BCUT2D eigenvalue weighted by molar-refractivity contribution is 0.448. The summed E-state index contributed by atoms with van der Waals surface area (Å²) >= 11 is 0. The first-order chi connectivity index (χ1) is 6.90. The molecule has 1 saturated heterocycles. The van der Waals surface area contributed by atoms with E-state index in [4.69, 9.17) is 0 Å². The van der Waals surface area contributed by atoms with Gasteiger partial charge in [-0.25, -0.2) is 4.98 Å². The largest absolute Gasteiger partial charge is 0.346 e. The molecule has 1 atom stereocenters. The minimum absolute atomic E-state index is 0.606. The molecule has 1 unspecified atom stereocenters. The molecule has 1 aromatic heterocycles. The molecule has 2 N–H and O–H groups in total. The molecule has 78 valence electrons. The third-order valence-electron chi connectivity index (χ3n) is 2.85. The van der Waals surface area contributed by atoms with Gasteiger partial charge in [0.1, 0.15) is 5.82 Å². The minimum atomic E-state index is 0.606.